The Morgan fingerprint density at radius 1 is 1.00 bits per heavy atom. The second-order valence-electron chi connectivity index (χ2n) is 7.02. The molecule has 1 aliphatic heterocycles. The highest BCUT2D eigenvalue weighted by molar-refractivity contribution is 7.80. The average Bonchev–Trinajstić information content (AvgIpc) is 3.16. The van der Waals surface area contributed by atoms with Gasteiger partial charge in [-0.2, -0.15) is 26.3 Å². The van der Waals surface area contributed by atoms with E-state index in [1.165, 1.54) is 0 Å². The van der Waals surface area contributed by atoms with Crippen molar-refractivity contribution in [2.45, 2.75) is 56.0 Å². The summed E-state index contributed by atoms with van der Waals surface area (Å²) in [6.45, 7) is 0.890. The van der Waals surface area contributed by atoms with Gasteiger partial charge in [0.25, 0.3) is 0 Å². The molecule has 1 spiro atoms. The van der Waals surface area contributed by atoms with Crippen molar-refractivity contribution in [2.24, 2.45) is 0 Å². The normalized spacial score (nSPS) is 25.8. The van der Waals surface area contributed by atoms with Gasteiger partial charge in [-0.1, -0.05) is 0 Å². The van der Waals surface area contributed by atoms with E-state index in [4.69, 9.17) is 12.2 Å². The van der Waals surface area contributed by atoms with Crippen LogP contribution in [0.25, 0.3) is 0 Å². The highest BCUT2D eigenvalue weighted by Crippen LogP contribution is 2.38. The van der Waals surface area contributed by atoms with Crippen LogP contribution in [-0.4, -0.2) is 23.2 Å². The van der Waals surface area contributed by atoms with Crippen LogP contribution in [-0.2, 0) is 12.4 Å². The van der Waals surface area contributed by atoms with Crippen LogP contribution in [0.4, 0.5) is 32.0 Å². The number of hydrogen-bond acceptors (Lipinski definition) is 2. The molecule has 3 nitrogen and oxygen atoms in total. The molecule has 27 heavy (non-hydrogen) atoms. The lowest BCUT2D eigenvalue weighted by Gasteiger charge is -2.33. The predicted octanol–water partition coefficient (Wildman–Crippen LogP) is 4.69. The minimum atomic E-state index is -4.89. The molecule has 0 amide bonds. The van der Waals surface area contributed by atoms with Crippen molar-refractivity contribution in [3.8, 4) is 0 Å². The number of alkyl halides is 6. The smallest absolute Gasteiger partial charge is 0.358 e. The largest absolute Gasteiger partial charge is 0.416 e. The first-order valence-electron chi connectivity index (χ1n) is 8.62. The Hall–Kier alpha value is -1.55. The zero-order valence-corrected chi connectivity index (χ0v) is 15.0. The van der Waals surface area contributed by atoms with Gasteiger partial charge in [0.15, 0.2) is 5.11 Å². The number of rotatable bonds is 2. The van der Waals surface area contributed by atoms with E-state index in [2.05, 4.69) is 16.0 Å². The van der Waals surface area contributed by atoms with E-state index in [-0.39, 0.29) is 28.4 Å². The fourth-order valence-corrected chi connectivity index (χ4v) is 4.24. The van der Waals surface area contributed by atoms with Gasteiger partial charge < -0.3 is 16.0 Å². The van der Waals surface area contributed by atoms with Gasteiger partial charge in [-0.25, -0.2) is 0 Å². The lowest BCUT2D eigenvalue weighted by atomic mass is 9.91. The van der Waals surface area contributed by atoms with Gasteiger partial charge >= 0.3 is 12.4 Å². The zero-order valence-electron chi connectivity index (χ0n) is 14.2. The van der Waals surface area contributed by atoms with Crippen molar-refractivity contribution in [2.75, 3.05) is 11.9 Å². The first kappa shape index (κ1) is 20.2. The molecule has 3 N–H and O–H groups in total. The Morgan fingerprint density at radius 3 is 2.11 bits per heavy atom. The number of anilines is 1. The zero-order chi connectivity index (χ0) is 19.9. The summed E-state index contributed by atoms with van der Waals surface area (Å²) in [5.74, 6) is 0. The van der Waals surface area contributed by atoms with Crippen molar-refractivity contribution in [3.63, 3.8) is 0 Å². The van der Waals surface area contributed by atoms with Crippen molar-refractivity contribution in [1.82, 2.24) is 10.6 Å². The van der Waals surface area contributed by atoms with Gasteiger partial charge in [0.2, 0.25) is 0 Å². The summed E-state index contributed by atoms with van der Waals surface area (Å²) in [7, 11) is 0. The molecule has 0 aromatic heterocycles. The van der Waals surface area contributed by atoms with Crippen molar-refractivity contribution in [3.05, 3.63) is 29.3 Å². The maximum atomic E-state index is 12.9. The van der Waals surface area contributed by atoms with Gasteiger partial charge in [0.05, 0.1) is 11.1 Å². The van der Waals surface area contributed by atoms with Crippen LogP contribution in [0.2, 0.25) is 0 Å². The summed E-state index contributed by atoms with van der Waals surface area (Å²) < 4.78 is 77.7. The monoisotopic (exact) mass is 411 g/mol. The molecule has 10 heteroatoms. The van der Waals surface area contributed by atoms with E-state index in [9.17, 15) is 26.3 Å². The molecule has 2 fully saturated rings. The van der Waals surface area contributed by atoms with E-state index in [0.29, 0.717) is 12.1 Å². The fraction of sp³-hybridized carbons (Fsp3) is 0.588. The Balaban J connectivity index is 1.77. The SMILES string of the molecule is FC(F)(F)c1cc(NC(=S)N[C@H]2CCC[C@]23CCCN3)cc(C(F)(F)F)c1. The molecule has 0 unspecified atom stereocenters. The summed E-state index contributed by atoms with van der Waals surface area (Å²) in [6, 6.07) is 1.34. The molecular formula is C17H19F6N3S. The van der Waals surface area contributed by atoms with Crippen molar-refractivity contribution < 1.29 is 26.3 Å². The molecule has 3 rings (SSSR count). The Morgan fingerprint density at radius 2 is 1.59 bits per heavy atom. The fourth-order valence-electron chi connectivity index (χ4n) is 3.98. The number of benzene rings is 1. The van der Waals surface area contributed by atoms with Crippen LogP contribution in [0.1, 0.15) is 43.2 Å². The molecule has 0 bridgehead atoms. The quantitative estimate of drug-likeness (QED) is 0.488. The summed E-state index contributed by atoms with van der Waals surface area (Å²) in [4.78, 5) is 0. The van der Waals surface area contributed by atoms with Crippen LogP contribution in [0.3, 0.4) is 0 Å². The molecule has 150 valence electrons. The lowest BCUT2D eigenvalue weighted by Crippen LogP contribution is -2.55. The van der Waals surface area contributed by atoms with E-state index in [1.807, 2.05) is 0 Å². The van der Waals surface area contributed by atoms with Crippen LogP contribution in [0, 0.1) is 0 Å². The molecule has 1 saturated carbocycles. The van der Waals surface area contributed by atoms with Crippen molar-refractivity contribution in [1.29, 1.82) is 0 Å². The highest BCUT2D eigenvalue weighted by Gasteiger charge is 2.45. The van der Waals surface area contributed by atoms with Gasteiger partial charge in [-0.15, -0.1) is 0 Å². The third-order valence-electron chi connectivity index (χ3n) is 5.21. The molecule has 1 aromatic rings. The highest BCUT2D eigenvalue weighted by atomic mass is 32.1. The third-order valence-corrected chi connectivity index (χ3v) is 5.43. The van der Waals surface area contributed by atoms with Crippen LogP contribution in [0.5, 0.6) is 0 Å². The van der Waals surface area contributed by atoms with E-state index < -0.39 is 23.5 Å². The standard InChI is InChI=1S/C17H19F6N3S/c18-16(19,20)10-7-11(17(21,22)23)9-12(8-10)25-14(27)26-13-3-1-4-15(13)5-2-6-24-15/h7-9,13,24H,1-6H2,(H2,25,26,27)/t13-,15-/m0/s1. The predicted molar refractivity (Wildman–Crippen MR) is 93.4 cm³/mol. The molecule has 0 radical (unpaired) electrons. The summed E-state index contributed by atoms with van der Waals surface area (Å²) in [5.41, 5.74) is -3.20. The first-order chi connectivity index (χ1) is 12.5. The van der Waals surface area contributed by atoms with Gasteiger partial charge in [-0.05, 0) is 69.1 Å². The molecule has 1 aliphatic carbocycles. The summed E-state index contributed by atoms with van der Waals surface area (Å²) in [6.07, 6.45) is -5.00. The number of nitrogens with one attached hydrogen (secondary N) is 3. The molecule has 2 aliphatic rings. The molecule has 1 saturated heterocycles. The minimum absolute atomic E-state index is 0.00659. The second kappa shape index (κ2) is 7.12. The molecule has 2 atom stereocenters. The summed E-state index contributed by atoms with van der Waals surface area (Å²) >= 11 is 5.15. The van der Waals surface area contributed by atoms with E-state index in [1.54, 1.807) is 0 Å². The molecular weight excluding hydrogens is 392 g/mol. The lowest BCUT2D eigenvalue weighted by molar-refractivity contribution is -0.143. The topological polar surface area (TPSA) is 36.1 Å². The Kier molecular flexibility index (Phi) is 5.33. The van der Waals surface area contributed by atoms with Crippen LogP contribution >= 0.6 is 12.2 Å². The first-order valence-corrected chi connectivity index (χ1v) is 9.02. The Labute approximate surface area is 157 Å². The van der Waals surface area contributed by atoms with Gasteiger partial charge in [0.1, 0.15) is 0 Å². The maximum Gasteiger partial charge on any atom is 0.416 e. The number of halogens is 6. The van der Waals surface area contributed by atoms with Crippen LogP contribution in [0.15, 0.2) is 18.2 Å². The van der Waals surface area contributed by atoms with Crippen molar-refractivity contribution >= 4 is 23.0 Å². The van der Waals surface area contributed by atoms with Gasteiger partial charge in [-0.3, -0.25) is 0 Å². The number of hydrogen-bond donors (Lipinski definition) is 3. The molecule has 1 aromatic carbocycles. The van der Waals surface area contributed by atoms with E-state index >= 15 is 0 Å². The minimum Gasteiger partial charge on any atom is -0.358 e. The maximum absolute atomic E-state index is 12.9. The number of thiocarbonyl (C=S) groups is 1. The summed E-state index contributed by atoms with van der Waals surface area (Å²) in [5, 5.41) is 9.04. The molecule has 1 heterocycles. The second-order valence-corrected chi connectivity index (χ2v) is 7.43. The van der Waals surface area contributed by atoms with E-state index in [0.717, 1.165) is 38.6 Å². The third kappa shape index (κ3) is 4.48. The van der Waals surface area contributed by atoms with Gasteiger partial charge in [0, 0.05) is 17.3 Å². The average molecular weight is 411 g/mol. The van der Waals surface area contributed by atoms with Crippen LogP contribution < -0.4 is 16.0 Å². The Bertz CT molecular complexity index is 672.